The Hall–Kier alpha value is -2.14. The largest absolute Gasteiger partial charge is 0.330 e. The van der Waals surface area contributed by atoms with Crippen molar-refractivity contribution in [2.75, 3.05) is 11.9 Å². The van der Waals surface area contributed by atoms with E-state index in [1.54, 1.807) is 12.5 Å². The van der Waals surface area contributed by atoms with E-state index in [1.807, 2.05) is 42.0 Å². The molecule has 1 atom stereocenters. The topological polar surface area (TPSA) is 72.9 Å². The van der Waals surface area contributed by atoms with E-state index in [0.717, 1.165) is 24.2 Å². The summed E-state index contributed by atoms with van der Waals surface area (Å²) < 4.78 is 1.88. The van der Waals surface area contributed by atoms with E-state index in [-0.39, 0.29) is 11.8 Å². The van der Waals surface area contributed by atoms with Crippen molar-refractivity contribution < 1.29 is 4.79 Å². The number of nitrogens with one attached hydrogen (secondary N) is 1. The van der Waals surface area contributed by atoms with E-state index >= 15 is 0 Å². The van der Waals surface area contributed by atoms with E-state index in [4.69, 9.17) is 5.73 Å². The third-order valence-corrected chi connectivity index (χ3v) is 3.23. The predicted octanol–water partition coefficient (Wildman–Crippen LogP) is 2.19. The van der Waals surface area contributed by atoms with Gasteiger partial charge < -0.3 is 15.6 Å². The summed E-state index contributed by atoms with van der Waals surface area (Å²) in [4.78, 5) is 16.2. The number of nitrogens with zero attached hydrogens (tertiary/aromatic N) is 2. The number of hydrogen-bond donors (Lipinski definition) is 2. The highest BCUT2D eigenvalue weighted by molar-refractivity contribution is 5.94. The standard InChI is InChI=1S/C15H20N4O/c1-12(5-4-8-16)15(20)18-13-6-2-3-7-14(13)19-10-9-17-11-19/h2-3,6-7,9-12H,4-5,8,16H2,1H3,(H,18,20). The van der Waals surface area contributed by atoms with Crippen molar-refractivity contribution >= 4 is 11.6 Å². The second kappa shape index (κ2) is 6.86. The Kier molecular flexibility index (Phi) is 4.90. The second-order valence-electron chi connectivity index (χ2n) is 4.81. The minimum atomic E-state index is -0.0469. The zero-order valence-electron chi connectivity index (χ0n) is 11.6. The maximum absolute atomic E-state index is 12.2. The zero-order chi connectivity index (χ0) is 14.4. The smallest absolute Gasteiger partial charge is 0.227 e. The van der Waals surface area contributed by atoms with Crippen LogP contribution in [0, 0.1) is 5.92 Å². The first-order chi connectivity index (χ1) is 9.72. The van der Waals surface area contributed by atoms with Crippen LogP contribution in [0.5, 0.6) is 0 Å². The van der Waals surface area contributed by atoms with E-state index in [0.29, 0.717) is 6.54 Å². The van der Waals surface area contributed by atoms with Gasteiger partial charge in [0.05, 0.1) is 17.7 Å². The normalized spacial score (nSPS) is 12.1. The van der Waals surface area contributed by atoms with Crippen molar-refractivity contribution in [1.82, 2.24) is 9.55 Å². The zero-order valence-corrected chi connectivity index (χ0v) is 11.6. The Morgan fingerprint density at radius 3 is 2.95 bits per heavy atom. The molecule has 20 heavy (non-hydrogen) atoms. The van der Waals surface area contributed by atoms with Crippen molar-refractivity contribution in [3.63, 3.8) is 0 Å². The van der Waals surface area contributed by atoms with Crippen LogP contribution in [-0.4, -0.2) is 22.0 Å². The van der Waals surface area contributed by atoms with Gasteiger partial charge in [-0.3, -0.25) is 4.79 Å². The monoisotopic (exact) mass is 272 g/mol. The summed E-state index contributed by atoms with van der Waals surface area (Å²) in [6, 6.07) is 7.67. The molecule has 1 amide bonds. The average molecular weight is 272 g/mol. The molecule has 1 aromatic heterocycles. The second-order valence-corrected chi connectivity index (χ2v) is 4.81. The molecule has 0 spiro atoms. The first kappa shape index (κ1) is 14.3. The predicted molar refractivity (Wildman–Crippen MR) is 79.6 cm³/mol. The lowest BCUT2D eigenvalue weighted by molar-refractivity contribution is -0.119. The lowest BCUT2D eigenvalue weighted by atomic mass is 10.0. The van der Waals surface area contributed by atoms with E-state index in [9.17, 15) is 4.79 Å². The molecule has 0 bridgehead atoms. The van der Waals surface area contributed by atoms with Crippen LogP contribution in [0.2, 0.25) is 0 Å². The minimum absolute atomic E-state index is 0.0195. The third-order valence-electron chi connectivity index (χ3n) is 3.23. The van der Waals surface area contributed by atoms with Crippen LogP contribution in [0.4, 0.5) is 5.69 Å². The van der Waals surface area contributed by atoms with Gasteiger partial charge in [0.1, 0.15) is 0 Å². The fraction of sp³-hybridized carbons (Fsp3) is 0.333. The van der Waals surface area contributed by atoms with Gasteiger partial charge in [-0.25, -0.2) is 4.98 Å². The van der Waals surface area contributed by atoms with Gasteiger partial charge in [0.25, 0.3) is 0 Å². The Morgan fingerprint density at radius 2 is 2.25 bits per heavy atom. The average Bonchev–Trinajstić information content (AvgIpc) is 2.99. The number of anilines is 1. The van der Waals surface area contributed by atoms with Gasteiger partial charge in [-0.15, -0.1) is 0 Å². The quantitative estimate of drug-likeness (QED) is 0.846. The molecule has 5 nitrogen and oxygen atoms in total. The summed E-state index contributed by atoms with van der Waals surface area (Å²) in [7, 11) is 0. The van der Waals surface area contributed by atoms with Gasteiger partial charge in [-0.1, -0.05) is 19.1 Å². The van der Waals surface area contributed by atoms with Gasteiger partial charge in [0, 0.05) is 18.3 Å². The third kappa shape index (κ3) is 3.45. The molecule has 0 aliphatic heterocycles. The fourth-order valence-electron chi connectivity index (χ4n) is 2.02. The van der Waals surface area contributed by atoms with Gasteiger partial charge in [-0.05, 0) is 31.5 Å². The molecule has 2 aromatic rings. The number of imidazole rings is 1. The van der Waals surface area contributed by atoms with E-state index in [1.165, 1.54) is 0 Å². The lowest BCUT2D eigenvalue weighted by Crippen LogP contribution is -2.22. The molecule has 0 aliphatic rings. The number of rotatable bonds is 6. The van der Waals surface area contributed by atoms with Crippen molar-refractivity contribution in [2.24, 2.45) is 11.7 Å². The van der Waals surface area contributed by atoms with Crippen LogP contribution in [0.1, 0.15) is 19.8 Å². The van der Waals surface area contributed by atoms with Gasteiger partial charge >= 0.3 is 0 Å². The summed E-state index contributed by atoms with van der Waals surface area (Å²) in [5.74, 6) is -0.0274. The number of carbonyl (C=O) groups excluding carboxylic acids is 1. The molecule has 3 N–H and O–H groups in total. The van der Waals surface area contributed by atoms with Crippen molar-refractivity contribution in [3.8, 4) is 5.69 Å². The maximum atomic E-state index is 12.2. The summed E-state index contributed by atoms with van der Waals surface area (Å²) in [5.41, 5.74) is 7.17. The first-order valence-electron chi connectivity index (χ1n) is 6.80. The SMILES string of the molecule is CC(CCCN)C(=O)Nc1ccccc1-n1ccnc1. The summed E-state index contributed by atoms with van der Waals surface area (Å²) in [6.07, 6.45) is 6.93. The molecule has 5 heteroatoms. The molecule has 0 aliphatic carbocycles. The minimum Gasteiger partial charge on any atom is -0.330 e. The molecular formula is C15H20N4O. The van der Waals surface area contributed by atoms with Crippen LogP contribution in [0.3, 0.4) is 0 Å². The number of benzene rings is 1. The molecule has 1 heterocycles. The number of carbonyl (C=O) groups is 1. The Morgan fingerprint density at radius 1 is 1.45 bits per heavy atom. The van der Waals surface area contributed by atoms with Gasteiger partial charge in [-0.2, -0.15) is 0 Å². The molecule has 2 rings (SSSR count). The van der Waals surface area contributed by atoms with Crippen molar-refractivity contribution in [2.45, 2.75) is 19.8 Å². The lowest BCUT2D eigenvalue weighted by Gasteiger charge is -2.15. The molecule has 0 fully saturated rings. The molecule has 106 valence electrons. The van der Waals surface area contributed by atoms with Crippen LogP contribution in [0.25, 0.3) is 5.69 Å². The Bertz CT molecular complexity index is 551. The highest BCUT2D eigenvalue weighted by Gasteiger charge is 2.14. The number of nitrogens with two attached hydrogens (primary N) is 1. The van der Waals surface area contributed by atoms with Crippen molar-refractivity contribution in [1.29, 1.82) is 0 Å². The molecule has 1 aromatic carbocycles. The van der Waals surface area contributed by atoms with Crippen molar-refractivity contribution in [3.05, 3.63) is 43.0 Å². The van der Waals surface area contributed by atoms with Crippen LogP contribution >= 0.6 is 0 Å². The maximum Gasteiger partial charge on any atom is 0.227 e. The number of para-hydroxylation sites is 2. The molecule has 0 radical (unpaired) electrons. The molecular weight excluding hydrogens is 252 g/mol. The van der Waals surface area contributed by atoms with Crippen LogP contribution in [0.15, 0.2) is 43.0 Å². The summed E-state index contributed by atoms with van der Waals surface area (Å²) in [5, 5.41) is 2.98. The molecule has 1 unspecified atom stereocenters. The number of aromatic nitrogens is 2. The highest BCUT2D eigenvalue weighted by atomic mass is 16.1. The molecule has 0 saturated heterocycles. The Labute approximate surface area is 118 Å². The summed E-state index contributed by atoms with van der Waals surface area (Å²) >= 11 is 0. The first-order valence-corrected chi connectivity index (χ1v) is 6.80. The fourth-order valence-corrected chi connectivity index (χ4v) is 2.02. The number of hydrogen-bond acceptors (Lipinski definition) is 3. The van der Waals surface area contributed by atoms with Gasteiger partial charge in [0.15, 0.2) is 0 Å². The van der Waals surface area contributed by atoms with E-state index in [2.05, 4.69) is 10.3 Å². The highest BCUT2D eigenvalue weighted by Crippen LogP contribution is 2.20. The van der Waals surface area contributed by atoms with Crippen LogP contribution in [-0.2, 0) is 4.79 Å². The Balaban J connectivity index is 2.12. The van der Waals surface area contributed by atoms with E-state index < -0.39 is 0 Å². The van der Waals surface area contributed by atoms with Crippen LogP contribution < -0.4 is 11.1 Å². The number of amides is 1. The summed E-state index contributed by atoms with van der Waals surface area (Å²) in [6.45, 7) is 2.54. The molecule has 0 saturated carbocycles. The van der Waals surface area contributed by atoms with Gasteiger partial charge in [0.2, 0.25) is 5.91 Å².